The number of carbonyl (C=O) groups is 2. The van der Waals surface area contributed by atoms with Crippen LogP contribution >= 0.6 is 0 Å². The summed E-state index contributed by atoms with van der Waals surface area (Å²) in [5.74, 6) is -1.41. The van der Waals surface area contributed by atoms with Gasteiger partial charge in [0.05, 0.1) is 12.3 Å². The summed E-state index contributed by atoms with van der Waals surface area (Å²) in [6.45, 7) is -0.324. The minimum Gasteiger partial charge on any atom is -0.480 e. The first-order valence-corrected chi connectivity index (χ1v) is 6.15. The maximum absolute atomic E-state index is 11.9. The molecule has 0 aliphatic heterocycles. The average Bonchev–Trinajstić information content (AvgIpc) is 2.80. The second-order valence-electron chi connectivity index (χ2n) is 4.67. The van der Waals surface area contributed by atoms with Crippen molar-refractivity contribution < 1.29 is 19.8 Å². The highest BCUT2D eigenvalue weighted by Crippen LogP contribution is 2.18. The van der Waals surface area contributed by atoms with Crippen LogP contribution in [0.15, 0.2) is 6.20 Å². The zero-order valence-electron chi connectivity index (χ0n) is 10.3. The molecule has 0 spiro atoms. The number of hydrogen-bond acceptors (Lipinski definition) is 5. The van der Waals surface area contributed by atoms with Crippen LogP contribution in [0.2, 0.25) is 0 Å². The van der Waals surface area contributed by atoms with Gasteiger partial charge in [-0.15, -0.1) is 5.10 Å². The van der Waals surface area contributed by atoms with Crippen LogP contribution in [-0.4, -0.2) is 49.2 Å². The number of carboxylic acids is 1. The summed E-state index contributed by atoms with van der Waals surface area (Å²) >= 11 is 0. The predicted octanol–water partition coefficient (Wildman–Crippen LogP) is -0.604. The van der Waals surface area contributed by atoms with Gasteiger partial charge in [0.25, 0.3) is 5.91 Å². The second-order valence-corrected chi connectivity index (χ2v) is 4.67. The van der Waals surface area contributed by atoms with Crippen molar-refractivity contribution >= 4 is 11.9 Å². The summed E-state index contributed by atoms with van der Waals surface area (Å²) in [5.41, 5.74) is 0.104. The fraction of sp³-hybridized carbons (Fsp3) is 0.636. The largest absolute Gasteiger partial charge is 0.480 e. The third-order valence-electron chi connectivity index (χ3n) is 3.10. The fourth-order valence-electron chi connectivity index (χ4n) is 2.10. The first-order valence-electron chi connectivity index (χ1n) is 6.15. The van der Waals surface area contributed by atoms with Gasteiger partial charge in [0.2, 0.25) is 0 Å². The lowest BCUT2D eigenvalue weighted by molar-refractivity contribution is -0.137. The van der Waals surface area contributed by atoms with Gasteiger partial charge >= 0.3 is 5.97 Å². The van der Waals surface area contributed by atoms with Crippen molar-refractivity contribution in [1.29, 1.82) is 0 Å². The smallest absolute Gasteiger partial charge is 0.325 e. The molecule has 1 aliphatic carbocycles. The maximum Gasteiger partial charge on any atom is 0.325 e. The Hall–Kier alpha value is -1.96. The van der Waals surface area contributed by atoms with Crippen LogP contribution in [-0.2, 0) is 11.3 Å². The fourth-order valence-corrected chi connectivity index (χ4v) is 2.10. The number of aliphatic carboxylic acids is 1. The molecule has 1 aromatic rings. The molecule has 0 atom stereocenters. The quantitative estimate of drug-likeness (QED) is 0.671. The number of aliphatic hydroxyl groups excluding tert-OH is 1. The van der Waals surface area contributed by atoms with Crippen molar-refractivity contribution in [3.05, 3.63) is 11.9 Å². The van der Waals surface area contributed by atoms with E-state index in [4.69, 9.17) is 5.11 Å². The van der Waals surface area contributed by atoms with E-state index in [0.29, 0.717) is 12.8 Å². The molecule has 1 saturated carbocycles. The highest BCUT2D eigenvalue weighted by Gasteiger charge is 2.22. The van der Waals surface area contributed by atoms with Gasteiger partial charge in [0.15, 0.2) is 5.69 Å². The zero-order chi connectivity index (χ0) is 13.8. The number of aromatic nitrogens is 3. The molecular formula is C11H16N4O4. The lowest BCUT2D eigenvalue weighted by Crippen LogP contribution is -2.38. The van der Waals surface area contributed by atoms with Crippen molar-refractivity contribution in [1.82, 2.24) is 20.3 Å². The molecule has 0 bridgehead atoms. The molecule has 1 amide bonds. The maximum atomic E-state index is 11.9. The van der Waals surface area contributed by atoms with E-state index in [1.165, 1.54) is 6.20 Å². The SMILES string of the molecule is O=C(O)Cn1cc(C(=O)NC2CCC(O)CC2)nn1. The van der Waals surface area contributed by atoms with Gasteiger partial charge in [-0.1, -0.05) is 5.21 Å². The number of aliphatic hydroxyl groups is 1. The molecule has 3 N–H and O–H groups in total. The summed E-state index contributed by atoms with van der Waals surface area (Å²) in [7, 11) is 0. The minimum absolute atomic E-state index is 0.0283. The molecule has 1 fully saturated rings. The number of hydrogen-bond donors (Lipinski definition) is 3. The van der Waals surface area contributed by atoms with Crippen LogP contribution in [0.4, 0.5) is 0 Å². The van der Waals surface area contributed by atoms with Gasteiger partial charge in [-0.2, -0.15) is 0 Å². The molecule has 0 saturated heterocycles. The predicted molar refractivity (Wildman–Crippen MR) is 63.4 cm³/mol. The van der Waals surface area contributed by atoms with E-state index < -0.39 is 5.97 Å². The standard InChI is InChI=1S/C11H16N4O4/c16-8-3-1-7(2-4-8)12-11(19)9-5-15(14-13-9)6-10(17)18/h5,7-8,16H,1-4,6H2,(H,12,19)(H,17,18). The van der Waals surface area contributed by atoms with Crippen LogP contribution in [0.3, 0.4) is 0 Å². The summed E-state index contributed by atoms with van der Waals surface area (Å²) < 4.78 is 1.10. The molecule has 2 rings (SSSR count). The van der Waals surface area contributed by atoms with Gasteiger partial charge in [-0.3, -0.25) is 9.59 Å². The van der Waals surface area contributed by atoms with Crippen molar-refractivity contribution in [2.75, 3.05) is 0 Å². The molecule has 1 heterocycles. The molecule has 19 heavy (non-hydrogen) atoms. The number of rotatable bonds is 4. The Bertz CT molecular complexity index is 465. The summed E-state index contributed by atoms with van der Waals surface area (Å²) in [4.78, 5) is 22.3. The summed E-state index contributed by atoms with van der Waals surface area (Å²) in [5, 5.41) is 28.0. The Kier molecular flexibility index (Phi) is 4.10. The van der Waals surface area contributed by atoms with Crippen molar-refractivity contribution in [3.63, 3.8) is 0 Å². The number of carboxylic acid groups (broad SMARTS) is 1. The lowest BCUT2D eigenvalue weighted by atomic mass is 9.93. The first kappa shape index (κ1) is 13.5. The normalized spacial score (nSPS) is 23.0. The van der Waals surface area contributed by atoms with Gasteiger partial charge in [0, 0.05) is 6.04 Å². The molecule has 8 nitrogen and oxygen atoms in total. The summed E-state index contributed by atoms with van der Waals surface area (Å²) in [6.07, 6.45) is 3.85. The van der Waals surface area contributed by atoms with E-state index in [9.17, 15) is 14.7 Å². The van der Waals surface area contributed by atoms with E-state index in [-0.39, 0.29) is 30.3 Å². The number of carbonyl (C=O) groups excluding carboxylic acids is 1. The van der Waals surface area contributed by atoms with Gasteiger partial charge in [-0.05, 0) is 25.7 Å². The molecule has 8 heteroatoms. The van der Waals surface area contributed by atoms with E-state index >= 15 is 0 Å². The van der Waals surface area contributed by atoms with Crippen molar-refractivity contribution in [3.8, 4) is 0 Å². The molecule has 1 aromatic heterocycles. The molecule has 0 aromatic carbocycles. The third kappa shape index (κ3) is 3.75. The zero-order valence-corrected chi connectivity index (χ0v) is 10.3. The van der Waals surface area contributed by atoms with Gasteiger partial charge < -0.3 is 15.5 Å². The molecular weight excluding hydrogens is 252 g/mol. The second kappa shape index (κ2) is 5.79. The van der Waals surface area contributed by atoms with Crippen LogP contribution in [0, 0.1) is 0 Å². The van der Waals surface area contributed by atoms with E-state index in [1.807, 2.05) is 0 Å². The Morgan fingerprint density at radius 2 is 2.05 bits per heavy atom. The van der Waals surface area contributed by atoms with Crippen molar-refractivity contribution in [2.45, 2.75) is 44.4 Å². The van der Waals surface area contributed by atoms with E-state index in [2.05, 4.69) is 15.6 Å². The van der Waals surface area contributed by atoms with Crippen LogP contribution in [0.5, 0.6) is 0 Å². The van der Waals surface area contributed by atoms with Crippen LogP contribution in [0.25, 0.3) is 0 Å². The third-order valence-corrected chi connectivity index (χ3v) is 3.10. The lowest BCUT2D eigenvalue weighted by Gasteiger charge is -2.25. The average molecular weight is 268 g/mol. The number of nitrogens with zero attached hydrogens (tertiary/aromatic N) is 3. The Labute approximate surface area is 109 Å². The molecule has 1 aliphatic rings. The topological polar surface area (TPSA) is 117 Å². The first-order chi connectivity index (χ1) is 9.04. The highest BCUT2D eigenvalue weighted by molar-refractivity contribution is 5.92. The van der Waals surface area contributed by atoms with E-state index in [0.717, 1.165) is 17.5 Å². The van der Waals surface area contributed by atoms with Crippen LogP contribution in [0.1, 0.15) is 36.2 Å². The number of nitrogens with one attached hydrogen (secondary N) is 1. The Morgan fingerprint density at radius 3 is 2.68 bits per heavy atom. The molecule has 0 radical (unpaired) electrons. The summed E-state index contributed by atoms with van der Waals surface area (Å²) in [6, 6.07) is 0.0283. The Balaban J connectivity index is 1.89. The minimum atomic E-state index is -1.04. The Morgan fingerprint density at radius 1 is 1.37 bits per heavy atom. The molecule has 104 valence electrons. The van der Waals surface area contributed by atoms with Crippen LogP contribution < -0.4 is 5.32 Å². The van der Waals surface area contributed by atoms with Crippen molar-refractivity contribution in [2.24, 2.45) is 0 Å². The molecule has 0 unspecified atom stereocenters. The van der Waals surface area contributed by atoms with Gasteiger partial charge in [-0.25, -0.2) is 4.68 Å². The number of amides is 1. The highest BCUT2D eigenvalue weighted by atomic mass is 16.4. The van der Waals surface area contributed by atoms with Gasteiger partial charge in [0.1, 0.15) is 6.54 Å². The monoisotopic (exact) mass is 268 g/mol. The van der Waals surface area contributed by atoms with E-state index in [1.54, 1.807) is 0 Å².